The zero-order chi connectivity index (χ0) is 21.4. The first-order valence-corrected chi connectivity index (χ1v) is 11.2. The highest BCUT2D eigenvalue weighted by atomic mass is 32.2. The highest BCUT2D eigenvalue weighted by Crippen LogP contribution is 2.40. The van der Waals surface area contributed by atoms with Crippen molar-refractivity contribution in [2.24, 2.45) is 5.92 Å². The maximum Gasteiger partial charge on any atom is 0.316 e. The summed E-state index contributed by atoms with van der Waals surface area (Å²) in [5, 5.41) is 0.164. The molecule has 2 atom stereocenters. The molecule has 0 saturated carbocycles. The Balaban J connectivity index is 2.19. The smallest absolute Gasteiger partial charge is 0.316 e. The van der Waals surface area contributed by atoms with E-state index in [4.69, 9.17) is 4.74 Å². The van der Waals surface area contributed by atoms with Gasteiger partial charge < -0.3 is 4.74 Å². The summed E-state index contributed by atoms with van der Waals surface area (Å²) in [7, 11) is 0. The molecule has 3 nitrogen and oxygen atoms in total. The molecule has 0 bridgehead atoms. The van der Waals surface area contributed by atoms with Crippen molar-refractivity contribution in [2.75, 3.05) is 6.61 Å². The van der Waals surface area contributed by atoms with E-state index in [1.165, 1.54) is 28.5 Å². The second-order valence-electron chi connectivity index (χ2n) is 7.73. The topological polar surface area (TPSA) is 43.4 Å². The zero-order valence-electron chi connectivity index (χ0n) is 18.1. The number of aryl methyl sites for hydroxylation is 1. The predicted molar refractivity (Wildman–Crippen MR) is 120 cm³/mol. The molecule has 0 N–H and O–H groups in total. The minimum absolute atomic E-state index is 0.127. The summed E-state index contributed by atoms with van der Waals surface area (Å²) in [5.41, 5.74) is 3.74. The van der Waals surface area contributed by atoms with E-state index < -0.39 is 11.9 Å². The molecule has 0 saturated heterocycles. The van der Waals surface area contributed by atoms with Crippen molar-refractivity contribution in [3.63, 3.8) is 0 Å². The fourth-order valence-corrected chi connectivity index (χ4v) is 4.39. The van der Waals surface area contributed by atoms with Gasteiger partial charge in [-0.2, -0.15) is 0 Å². The molecule has 2 unspecified atom stereocenters. The average Bonchev–Trinajstić information content (AvgIpc) is 2.68. The van der Waals surface area contributed by atoms with Crippen molar-refractivity contribution in [1.82, 2.24) is 0 Å². The first kappa shape index (κ1) is 23.2. The molecule has 0 aliphatic carbocycles. The molecule has 0 aliphatic rings. The molecular weight excluding hydrogens is 380 g/mol. The highest BCUT2D eigenvalue weighted by molar-refractivity contribution is 7.99. The Bertz CT molecular complexity index is 794. The lowest BCUT2D eigenvalue weighted by molar-refractivity contribution is -0.151. The number of carbonyl (C=O) groups excluding carboxylic acids is 2. The van der Waals surface area contributed by atoms with Gasteiger partial charge in [0.2, 0.25) is 0 Å². The number of ketones is 1. The number of Topliss-reactive ketones (excluding diaryl/α,β-unsaturated/α-hetero) is 1. The Hall–Kier alpha value is -2.07. The molecule has 0 spiro atoms. The summed E-state index contributed by atoms with van der Waals surface area (Å²) >= 11 is 1.78. The Kier molecular flexibility index (Phi) is 8.97. The summed E-state index contributed by atoms with van der Waals surface area (Å²) in [4.78, 5) is 25.4. The van der Waals surface area contributed by atoms with Gasteiger partial charge in [0, 0.05) is 10.1 Å². The summed E-state index contributed by atoms with van der Waals surface area (Å²) < 4.78 is 5.11. The first-order chi connectivity index (χ1) is 13.8. The molecule has 2 aromatic carbocycles. The van der Waals surface area contributed by atoms with E-state index in [2.05, 4.69) is 69.3 Å². The van der Waals surface area contributed by atoms with Crippen molar-refractivity contribution in [1.29, 1.82) is 0 Å². The van der Waals surface area contributed by atoms with Gasteiger partial charge in [0.05, 0.1) is 6.61 Å². The second-order valence-corrected chi connectivity index (χ2v) is 9.01. The van der Waals surface area contributed by atoms with E-state index in [1.807, 2.05) is 0 Å². The molecule has 4 heteroatoms. The van der Waals surface area contributed by atoms with Crippen LogP contribution < -0.4 is 0 Å². The van der Waals surface area contributed by atoms with Crippen LogP contribution >= 0.6 is 11.8 Å². The van der Waals surface area contributed by atoms with Crippen LogP contribution in [-0.2, 0) is 14.3 Å². The van der Waals surface area contributed by atoms with Gasteiger partial charge in [-0.15, -0.1) is 11.8 Å². The van der Waals surface area contributed by atoms with Crippen LogP contribution in [0.4, 0.5) is 0 Å². The predicted octanol–water partition coefficient (Wildman–Crippen LogP) is 6.50. The van der Waals surface area contributed by atoms with Gasteiger partial charge in [-0.25, -0.2) is 0 Å². The van der Waals surface area contributed by atoms with Crippen molar-refractivity contribution >= 4 is 23.5 Å². The van der Waals surface area contributed by atoms with E-state index >= 15 is 0 Å². The van der Waals surface area contributed by atoms with E-state index in [9.17, 15) is 9.59 Å². The van der Waals surface area contributed by atoms with Crippen molar-refractivity contribution < 1.29 is 14.3 Å². The number of esters is 1. The van der Waals surface area contributed by atoms with Crippen molar-refractivity contribution in [2.45, 2.75) is 63.5 Å². The summed E-state index contributed by atoms with van der Waals surface area (Å²) in [6.07, 6.45) is 1.21. The van der Waals surface area contributed by atoms with Crippen LogP contribution in [0.3, 0.4) is 0 Å². The fourth-order valence-electron chi connectivity index (χ4n) is 3.22. The Morgan fingerprint density at radius 1 is 0.931 bits per heavy atom. The monoisotopic (exact) mass is 412 g/mol. The molecule has 2 aromatic rings. The van der Waals surface area contributed by atoms with Gasteiger partial charge in [0.15, 0.2) is 0 Å². The standard InChI is InChI=1S/C25H32O3S/c1-6-28-25(27)23(19(5)26)15-16-24(21-9-7-18(4)8-10-21)29-22-13-11-20(12-14-22)17(2)3/h7-14,17,23-24H,6,15-16H2,1-5H3. The van der Waals surface area contributed by atoms with Crippen molar-refractivity contribution in [3.8, 4) is 0 Å². The van der Waals surface area contributed by atoms with Crippen LogP contribution in [0, 0.1) is 12.8 Å². The maximum atomic E-state index is 12.2. The van der Waals surface area contributed by atoms with Gasteiger partial charge >= 0.3 is 5.97 Å². The third-order valence-electron chi connectivity index (χ3n) is 5.05. The quantitative estimate of drug-likeness (QED) is 0.254. The zero-order valence-corrected chi connectivity index (χ0v) is 18.9. The number of carbonyl (C=O) groups is 2. The van der Waals surface area contributed by atoms with Gasteiger partial charge in [-0.3, -0.25) is 9.59 Å². The average molecular weight is 413 g/mol. The number of hydrogen-bond donors (Lipinski definition) is 0. The number of thioether (sulfide) groups is 1. The number of benzene rings is 2. The largest absolute Gasteiger partial charge is 0.465 e. The van der Waals surface area contributed by atoms with Crippen LogP contribution in [0.1, 0.15) is 68.4 Å². The Labute approximate surface area is 179 Å². The van der Waals surface area contributed by atoms with Gasteiger partial charge in [-0.1, -0.05) is 55.8 Å². The van der Waals surface area contributed by atoms with Gasteiger partial charge in [0.25, 0.3) is 0 Å². The van der Waals surface area contributed by atoms with E-state index in [1.54, 1.807) is 18.7 Å². The number of hydrogen-bond acceptors (Lipinski definition) is 4. The van der Waals surface area contributed by atoms with Crippen LogP contribution in [0.2, 0.25) is 0 Å². The minimum atomic E-state index is -0.688. The Morgan fingerprint density at radius 2 is 1.52 bits per heavy atom. The molecule has 0 fully saturated rings. The molecule has 0 amide bonds. The summed E-state index contributed by atoms with van der Waals surface area (Å²) in [6.45, 7) is 9.98. The van der Waals surface area contributed by atoms with Crippen LogP contribution in [0.15, 0.2) is 53.4 Å². The third kappa shape index (κ3) is 7.04. The molecule has 0 heterocycles. The third-order valence-corrected chi connectivity index (χ3v) is 6.39. The van der Waals surface area contributed by atoms with Crippen LogP contribution in [-0.4, -0.2) is 18.4 Å². The molecule has 156 valence electrons. The van der Waals surface area contributed by atoms with Gasteiger partial charge in [-0.05, 0) is 62.8 Å². The molecule has 0 aliphatic heterocycles. The highest BCUT2D eigenvalue weighted by Gasteiger charge is 2.26. The fraction of sp³-hybridized carbons (Fsp3) is 0.440. The molecule has 2 rings (SSSR count). The molecule has 29 heavy (non-hydrogen) atoms. The van der Waals surface area contributed by atoms with E-state index in [-0.39, 0.29) is 11.0 Å². The SMILES string of the molecule is CCOC(=O)C(CCC(Sc1ccc(C(C)C)cc1)c1ccc(C)cc1)C(C)=O. The number of rotatable bonds is 10. The van der Waals surface area contributed by atoms with E-state index in [0.29, 0.717) is 18.9 Å². The maximum absolute atomic E-state index is 12.2. The summed E-state index contributed by atoms with van der Waals surface area (Å²) in [6, 6.07) is 17.2. The molecule has 0 aromatic heterocycles. The normalized spacial score (nSPS) is 13.2. The minimum Gasteiger partial charge on any atom is -0.465 e. The van der Waals surface area contributed by atoms with Crippen molar-refractivity contribution in [3.05, 3.63) is 65.2 Å². The lowest BCUT2D eigenvalue weighted by Crippen LogP contribution is -2.24. The summed E-state index contributed by atoms with van der Waals surface area (Å²) in [5.74, 6) is -0.721. The van der Waals surface area contributed by atoms with Gasteiger partial charge in [0.1, 0.15) is 11.7 Å². The second kappa shape index (κ2) is 11.2. The van der Waals surface area contributed by atoms with Crippen LogP contribution in [0.25, 0.3) is 0 Å². The lowest BCUT2D eigenvalue weighted by Gasteiger charge is -2.20. The first-order valence-electron chi connectivity index (χ1n) is 10.3. The lowest BCUT2D eigenvalue weighted by atomic mass is 9.96. The van der Waals surface area contributed by atoms with E-state index in [0.717, 1.165) is 6.42 Å². The number of ether oxygens (including phenoxy) is 1. The molecule has 0 radical (unpaired) electrons. The Morgan fingerprint density at radius 3 is 2.03 bits per heavy atom. The van der Waals surface area contributed by atoms with Crippen LogP contribution in [0.5, 0.6) is 0 Å². The molecular formula is C25H32O3S.